The normalized spacial score (nSPS) is 16.9. The topological polar surface area (TPSA) is 121 Å². The highest BCUT2D eigenvalue weighted by Crippen LogP contribution is 2.33. The molecule has 0 atom stereocenters. The van der Waals surface area contributed by atoms with Crippen molar-refractivity contribution in [3.8, 4) is 5.75 Å². The number of amides is 1. The zero-order valence-electron chi connectivity index (χ0n) is 22.4. The summed E-state index contributed by atoms with van der Waals surface area (Å²) in [5, 5.41) is 3.49. The summed E-state index contributed by atoms with van der Waals surface area (Å²) in [6.07, 6.45) is 2.25. The second-order valence-corrected chi connectivity index (χ2v) is 9.89. The number of carbonyl (C=O) groups is 3. The molecule has 9 nitrogen and oxygen atoms in total. The highest BCUT2D eigenvalue weighted by molar-refractivity contribution is 5.88. The first-order valence-electron chi connectivity index (χ1n) is 13.1. The van der Waals surface area contributed by atoms with Crippen molar-refractivity contribution in [2.24, 2.45) is 11.8 Å². The SMILES string of the molecule is COC(=O)Cc1c(C)c2ccc(OC(=O)C3CCC(CNC(=O)OCc4ccccc4)CC3)c(C)c2oc1=O. The van der Waals surface area contributed by atoms with Crippen LogP contribution in [0.15, 0.2) is 51.7 Å². The molecule has 3 aromatic rings. The minimum Gasteiger partial charge on any atom is -0.469 e. The van der Waals surface area contributed by atoms with Gasteiger partial charge >= 0.3 is 23.7 Å². The minimum atomic E-state index is -0.618. The third-order valence-electron chi connectivity index (χ3n) is 7.34. The van der Waals surface area contributed by atoms with Gasteiger partial charge in [-0.15, -0.1) is 0 Å². The number of esters is 2. The lowest BCUT2D eigenvalue weighted by Gasteiger charge is -2.27. The predicted octanol–water partition coefficient (Wildman–Crippen LogP) is 4.76. The quantitative estimate of drug-likeness (QED) is 0.249. The van der Waals surface area contributed by atoms with E-state index in [0.29, 0.717) is 47.2 Å². The summed E-state index contributed by atoms with van der Waals surface area (Å²) in [7, 11) is 1.26. The Bertz CT molecular complexity index is 1400. The zero-order valence-corrected chi connectivity index (χ0v) is 22.4. The van der Waals surface area contributed by atoms with E-state index in [1.165, 1.54) is 7.11 Å². The summed E-state index contributed by atoms with van der Waals surface area (Å²) in [4.78, 5) is 49.2. The molecule has 0 saturated heterocycles. The fourth-order valence-electron chi connectivity index (χ4n) is 4.90. The van der Waals surface area contributed by atoms with E-state index in [2.05, 4.69) is 10.1 Å². The van der Waals surface area contributed by atoms with Gasteiger partial charge in [-0.05, 0) is 68.7 Å². The van der Waals surface area contributed by atoms with Gasteiger partial charge in [0.05, 0.1) is 25.0 Å². The molecule has 0 unspecified atom stereocenters. The van der Waals surface area contributed by atoms with Gasteiger partial charge < -0.3 is 23.9 Å². The van der Waals surface area contributed by atoms with Crippen LogP contribution in [0.4, 0.5) is 4.79 Å². The number of aryl methyl sites for hydroxylation is 2. The van der Waals surface area contributed by atoms with Gasteiger partial charge in [-0.2, -0.15) is 0 Å². The van der Waals surface area contributed by atoms with Gasteiger partial charge in [-0.25, -0.2) is 9.59 Å². The molecule has 2 aromatic carbocycles. The summed E-state index contributed by atoms with van der Waals surface area (Å²) in [5.74, 6) is -0.511. The van der Waals surface area contributed by atoms with Crippen LogP contribution in [-0.4, -0.2) is 31.7 Å². The Hall–Kier alpha value is -4.14. The largest absolute Gasteiger partial charge is 0.469 e. The van der Waals surface area contributed by atoms with Gasteiger partial charge in [-0.1, -0.05) is 30.3 Å². The minimum absolute atomic E-state index is 0.177. The molecule has 0 radical (unpaired) electrons. The van der Waals surface area contributed by atoms with E-state index in [-0.39, 0.29) is 36.4 Å². The van der Waals surface area contributed by atoms with Gasteiger partial charge in [0.25, 0.3) is 0 Å². The van der Waals surface area contributed by atoms with Crippen LogP contribution in [0, 0.1) is 25.7 Å². The third kappa shape index (κ3) is 6.85. The number of hydrogen-bond donors (Lipinski definition) is 1. The second kappa shape index (κ2) is 12.6. The Morgan fingerprint density at radius 2 is 1.69 bits per heavy atom. The molecule has 1 aliphatic carbocycles. The molecule has 0 aliphatic heterocycles. The van der Waals surface area contributed by atoms with Crippen LogP contribution in [0.2, 0.25) is 0 Å². The van der Waals surface area contributed by atoms with Crippen LogP contribution >= 0.6 is 0 Å². The Balaban J connectivity index is 1.30. The third-order valence-corrected chi connectivity index (χ3v) is 7.34. The Kier molecular flexibility index (Phi) is 9.01. The van der Waals surface area contributed by atoms with Crippen molar-refractivity contribution in [3.63, 3.8) is 0 Å². The number of alkyl carbamates (subject to hydrolysis) is 1. The van der Waals surface area contributed by atoms with Crippen molar-refractivity contribution >= 4 is 29.0 Å². The van der Waals surface area contributed by atoms with Crippen molar-refractivity contribution in [2.75, 3.05) is 13.7 Å². The van der Waals surface area contributed by atoms with Crippen molar-refractivity contribution in [1.29, 1.82) is 0 Å². The maximum absolute atomic E-state index is 12.9. The van der Waals surface area contributed by atoms with E-state index in [1.807, 2.05) is 30.3 Å². The molecule has 1 heterocycles. The number of hydrogen-bond acceptors (Lipinski definition) is 8. The molecule has 4 rings (SSSR count). The number of rotatable bonds is 8. The number of carbonyl (C=O) groups excluding carboxylic acids is 3. The van der Waals surface area contributed by atoms with Crippen LogP contribution in [0.25, 0.3) is 11.0 Å². The average molecular weight is 536 g/mol. The van der Waals surface area contributed by atoms with Crippen LogP contribution in [0.1, 0.15) is 47.9 Å². The standard InChI is InChI=1S/C30H33NO8/c1-18-23-13-14-25(19(2)27(23)39-29(34)24(18)15-26(32)36-3)38-28(33)22-11-9-20(10-12-22)16-31-30(35)37-17-21-7-5-4-6-8-21/h4-8,13-14,20,22H,9-12,15-17H2,1-3H3,(H,31,35). The van der Waals surface area contributed by atoms with Crippen LogP contribution in [0.5, 0.6) is 5.75 Å². The molecule has 1 amide bonds. The van der Waals surface area contributed by atoms with E-state index in [1.54, 1.807) is 26.0 Å². The predicted molar refractivity (Wildman–Crippen MR) is 143 cm³/mol. The van der Waals surface area contributed by atoms with Gasteiger partial charge in [-0.3, -0.25) is 9.59 Å². The molecule has 1 saturated carbocycles. The smallest absolute Gasteiger partial charge is 0.407 e. The number of fused-ring (bicyclic) bond motifs is 1. The number of nitrogens with one attached hydrogen (secondary N) is 1. The van der Waals surface area contributed by atoms with Crippen molar-refractivity contribution < 1.29 is 33.0 Å². The Morgan fingerprint density at radius 1 is 0.974 bits per heavy atom. The summed E-state index contributed by atoms with van der Waals surface area (Å²) in [5.41, 5.74) is 2.04. The van der Waals surface area contributed by atoms with Crippen molar-refractivity contribution in [1.82, 2.24) is 5.32 Å². The lowest BCUT2D eigenvalue weighted by atomic mass is 9.82. The first-order chi connectivity index (χ1) is 18.8. The molecule has 9 heteroatoms. The summed E-state index contributed by atoms with van der Waals surface area (Å²) in [6, 6.07) is 12.9. The van der Waals surface area contributed by atoms with E-state index in [9.17, 15) is 19.2 Å². The monoisotopic (exact) mass is 535 g/mol. The molecule has 0 spiro atoms. The molecule has 1 N–H and O–H groups in total. The van der Waals surface area contributed by atoms with Gasteiger partial charge in [0.2, 0.25) is 0 Å². The van der Waals surface area contributed by atoms with Crippen LogP contribution in [0.3, 0.4) is 0 Å². The van der Waals surface area contributed by atoms with Crippen LogP contribution < -0.4 is 15.7 Å². The molecule has 1 fully saturated rings. The van der Waals surface area contributed by atoms with Gasteiger partial charge in [0.1, 0.15) is 17.9 Å². The van der Waals surface area contributed by atoms with E-state index < -0.39 is 17.7 Å². The van der Waals surface area contributed by atoms with E-state index >= 15 is 0 Å². The van der Waals surface area contributed by atoms with Crippen molar-refractivity contribution in [2.45, 2.75) is 52.6 Å². The van der Waals surface area contributed by atoms with Gasteiger partial charge in [0.15, 0.2) is 0 Å². The zero-order chi connectivity index (χ0) is 27.9. The first kappa shape index (κ1) is 27.9. The first-order valence-corrected chi connectivity index (χ1v) is 13.1. The molecular weight excluding hydrogens is 502 g/mol. The molecule has 206 valence electrons. The molecule has 1 aromatic heterocycles. The van der Waals surface area contributed by atoms with E-state index in [4.69, 9.17) is 13.9 Å². The lowest BCUT2D eigenvalue weighted by molar-refractivity contribution is -0.141. The summed E-state index contributed by atoms with van der Waals surface area (Å²) < 4.78 is 21.2. The molecule has 0 bridgehead atoms. The van der Waals surface area contributed by atoms with Crippen LogP contribution in [-0.2, 0) is 32.1 Å². The van der Waals surface area contributed by atoms with E-state index in [0.717, 1.165) is 18.4 Å². The van der Waals surface area contributed by atoms with Crippen molar-refractivity contribution in [3.05, 3.63) is 75.1 Å². The number of benzene rings is 2. The lowest BCUT2D eigenvalue weighted by Crippen LogP contribution is -2.33. The second-order valence-electron chi connectivity index (χ2n) is 9.89. The fraction of sp³-hybridized carbons (Fsp3) is 0.400. The molecule has 39 heavy (non-hydrogen) atoms. The summed E-state index contributed by atoms with van der Waals surface area (Å²) >= 11 is 0. The Morgan fingerprint density at radius 3 is 2.38 bits per heavy atom. The fourth-order valence-corrected chi connectivity index (χ4v) is 4.90. The number of ether oxygens (including phenoxy) is 3. The number of methoxy groups -OCH3 is 1. The maximum atomic E-state index is 12.9. The highest BCUT2D eigenvalue weighted by atomic mass is 16.5. The Labute approximate surface area is 226 Å². The average Bonchev–Trinajstić information content (AvgIpc) is 2.95. The highest BCUT2D eigenvalue weighted by Gasteiger charge is 2.29. The maximum Gasteiger partial charge on any atom is 0.407 e. The summed E-state index contributed by atoms with van der Waals surface area (Å²) in [6.45, 7) is 4.19. The van der Waals surface area contributed by atoms with Gasteiger partial charge in [0, 0.05) is 17.5 Å². The molecule has 1 aliphatic rings. The molecular formula is C30H33NO8.